The second kappa shape index (κ2) is 6.50. The maximum atomic E-state index is 13.3. The van der Waals surface area contributed by atoms with Gasteiger partial charge in [-0.25, -0.2) is 22.5 Å². The minimum Gasteiger partial charge on any atom is -0.463 e. The largest absolute Gasteiger partial charge is 0.463 e. The Bertz CT molecular complexity index is 956. The third-order valence-corrected chi connectivity index (χ3v) is 4.80. The van der Waals surface area contributed by atoms with E-state index in [0.717, 1.165) is 6.07 Å². The zero-order valence-electron chi connectivity index (χ0n) is 12.7. The molecule has 0 atom stereocenters. The van der Waals surface area contributed by atoms with Gasteiger partial charge in [0.15, 0.2) is 5.76 Å². The molecule has 8 heteroatoms. The van der Waals surface area contributed by atoms with Crippen LogP contribution in [-0.4, -0.2) is 18.4 Å². The predicted octanol–water partition coefficient (Wildman–Crippen LogP) is 2.66. The second-order valence-corrected chi connectivity index (χ2v) is 6.83. The van der Waals surface area contributed by atoms with Crippen molar-refractivity contribution in [2.75, 3.05) is 0 Å². The Labute approximate surface area is 138 Å². The van der Waals surface area contributed by atoms with E-state index in [2.05, 4.69) is 14.7 Å². The molecule has 0 saturated carbocycles. The fraction of sp³-hybridized carbons (Fsp3) is 0.125. The molecule has 2 aromatic heterocycles. The summed E-state index contributed by atoms with van der Waals surface area (Å²) in [5.74, 6) is 0.0397. The molecule has 0 aliphatic heterocycles. The molecule has 0 fully saturated rings. The molecule has 3 aromatic rings. The molecule has 0 aliphatic rings. The van der Waals surface area contributed by atoms with Crippen molar-refractivity contribution in [2.45, 2.75) is 18.4 Å². The summed E-state index contributed by atoms with van der Waals surface area (Å²) in [7, 11) is -3.80. The molecule has 0 spiro atoms. The summed E-state index contributed by atoms with van der Waals surface area (Å²) in [6.07, 6.45) is 4.47. The standard InChI is InChI=1S/C16H14FN3O3S/c1-11-9-12(4-5-13(11)17)24(21,22)20-10-14-16(19-7-6-18-14)15-3-2-8-23-15/h2-9,20H,10H2,1H3. The SMILES string of the molecule is Cc1cc(S(=O)(=O)NCc2nccnc2-c2ccco2)ccc1F. The summed E-state index contributed by atoms with van der Waals surface area (Å²) in [6.45, 7) is 1.44. The molecule has 6 nitrogen and oxygen atoms in total. The van der Waals surface area contributed by atoms with Crippen molar-refractivity contribution >= 4 is 10.0 Å². The third-order valence-electron chi connectivity index (χ3n) is 3.40. The van der Waals surface area contributed by atoms with Gasteiger partial charge < -0.3 is 4.42 Å². The van der Waals surface area contributed by atoms with Gasteiger partial charge >= 0.3 is 0 Å². The summed E-state index contributed by atoms with van der Waals surface area (Å²) in [5, 5.41) is 0. The van der Waals surface area contributed by atoms with Crippen LogP contribution < -0.4 is 4.72 Å². The quantitative estimate of drug-likeness (QED) is 0.767. The predicted molar refractivity (Wildman–Crippen MR) is 84.9 cm³/mol. The molecular weight excluding hydrogens is 333 g/mol. The van der Waals surface area contributed by atoms with E-state index in [-0.39, 0.29) is 17.0 Å². The number of halogens is 1. The fourth-order valence-corrected chi connectivity index (χ4v) is 3.22. The normalized spacial score (nSPS) is 11.6. The highest BCUT2D eigenvalue weighted by Gasteiger charge is 2.17. The van der Waals surface area contributed by atoms with Crippen molar-refractivity contribution in [2.24, 2.45) is 0 Å². The number of rotatable bonds is 5. The highest BCUT2D eigenvalue weighted by Crippen LogP contribution is 2.20. The Morgan fingerprint density at radius 2 is 2.00 bits per heavy atom. The van der Waals surface area contributed by atoms with Gasteiger partial charge in [-0.1, -0.05) is 0 Å². The molecule has 124 valence electrons. The van der Waals surface area contributed by atoms with Gasteiger partial charge in [0.1, 0.15) is 11.5 Å². The molecule has 1 aromatic carbocycles. The fourth-order valence-electron chi connectivity index (χ4n) is 2.15. The lowest BCUT2D eigenvalue weighted by Gasteiger charge is -2.09. The minimum atomic E-state index is -3.80. The zero-order chi connectivity index (χ0) is 17.2. The lowest BCUT2D eigenvalue weighted by molar-refractivity contribution is 0.573. The van der Waals surface area contributed by atoms with Crippen molar-refractivity contribution in [3.05, 3.63) is 66.1 Å². The highest BCUT2D eigenvalue weighted by molar-refractivity contribution is 7.89. The molecule has 0 radical (unpaired) electrons. The van der Waals surface area contributed by atoms with Gasteiger partial charge in [-0.3, -0.25) is 4.98 Å². The molecule has 3 rings (SSSR count). The molecule has 0 unspecified atom stereocenters. The van der Waals surface area contributed by atoms with Crippen molar-refractivity contribution < 1.29 is 17.2 Å². The average molecular weight is 347 g/mol. The first-order valence-corrected chi connectivity index (χ1v) is 8.55. The lowest BCUT2D eigenvalue weighted by atomic mass is 10.2. The molecule has 24 heavy (non-hydrogen) atoms. The average Bonchev–Trinajstić information content (AvgIpc) is 3.10. The topological polar surface area (TPSA) is 85.1 Å². The van der Waals surface area contributed by atoms with Crippen LogP contribution in [0.4, 0.5) is 4.39 Å². The summed E-state index contributed by atoms with van der Waals surface area (Å²) >= 11 is 0. The number of furan rings is 1. The van der Waals surface area contributed by atoms with Crippen LogP contribution in [0.25, 0.3) is 11.5 Å². The number of benzene rings is 1. The number of sulfonamides is 1. The molecule has 0 amide bonds. The zero-order valence-corrected chi connectivity index (χ0v) is 13.5. The minimum absolute atomic E-state index is 0.00941. The first-order chi connectivity index (χ1) is 11.5. The van der Waals surface area contributed by atoms with Gasteiger partial charge in [-0.05, 0) is 42.8 Å². The van der Waals surface area contributed by atoms with Crippen LogP contribution in [0.5, 0.6) is 0 Å². The Morgan fingerprint density at radius 3 is 2.71 bits per heavy atom. The number of aromatic nitrogens is 2. The number of hydrogen-bond donors (Lipinski definition) is 1. The van der Waals surface area contributed by atoms with Crippen LogP contribution in [0.2, 0.25) is 0 Å². The van der Waals surface area contributed by atoms with Crippen molar-refractivity contribution in [1.82, 2.24) is 14.7 Å². The summed E-state index contributed by atoms with van der Waals surface area (Å²) in [4.78, 5) is 8.32. The van der Waals surface area contributed by atoms with Gasteiger partial charge in [0, 0.05) is 12.4 Å². The van der Waals surface area contributed by atoms with Gasteiger partial charge in [0.25, 0.3) is 0 Å². The summed E-state index contributed by atoms with van der Waals surface area (Å²) in [6, 6.07) is 7.04. The van der Waals surface area contributed by atoms with Crippen LogP contribution in [0.15, 0.2) is 58.3 Å². The van der Waals surface area contributed by atoms with Gasteiger partial charge in [0.05, 0.1) is 23.4 Å². The van der Waals surface area contributed by atoms with Crippen LogP contribution in [0.3, 0.4) is 0 Å². The molecular formula is C16H14FN3O3S. The Balaban J connectivity index is 1.84. The molecule has 2 heterocycles. The van der Waals surface area contributed by atoms with E-state index >= 15 is 0 Å². The van der Waals surface area contributed by atoms with Crippen LogP contribution in [0.1, 0.15) is 11.3 Å². The van der Waals surface area contributed by atoms with Crippen molar-refractivity contribution in [3.63, 3.8) is 0 Å². The van der Waals surface area contributed by atoms with E-state index in [1.54, 1.807) is 12.1 Å². The molecule has 0 bridgehead atoms. The number of aryl methyl sites for hydroxylation is 1. The molecule has 0 saturated heterocycles. The van der Waals surface area contributed by atoms with E-state index in [9.17, 15) is 12.8 Å². The lowest BCUT2D eigenvalue weighted by Crippen LogP contribution is -2.24. The Kier molecular flexibility index (Phi) is 4.41. The maximum Gasteiger partial charge on any atom is 0.240 e. The van der Waals surface area contributed by atoms with E-state index in [1.807, 2.05) is 0 Å². The van der Waals surface area contributed by atoms with Crippen molar-refractivity contribution in [1.29, 1.82) is 0 Å². The maximum absolute atomic E-state index is 13.3. The van der Waals surface area contributed by atoms with E-state index in [1.165, 1.54) is 37.7 Å². The number of nitrogens with one attached hydrogen (secondary N) is 1. The van der Waals surface area contributed by atoms with Crippen LogP contribution >= 0.6 is 0 Å². The highest BCUT2D eigenvalue weighted by atomic mass is 32.2. The first-order valence-electron chi connectivity index (χ1n) is 7.07. The summed E-state index contributed by atoms with van der Waals surface area (Å²) < 4.78 is 45.8. The Morgan fingerprint density at radius 1 is 1.21 bits per heavy atom. The summed E-state index contributed by atoms with van der Waals surface area (Å²) in [5.41, 5.74) is 1.14. The van der Waals surface area contributed by atoms with Gasteiger partial charge in [-0.2, -0.15) is 0 Å². The molecule has 1 N–H and O–H groups in total. The number of hydrogen-bond acceptors (Lipinski definition) is 5. The number of nitrogens with zero attached hydrogens (tertiary/aromatic N) is 2. The smallest absolute Gasteiger partial charge is 0.240 e. The van der Waals surface area contributed by atoms with Crippen LogP contribution in [-0.2, 0) is 16.6 Å². The first kappa shape index (κ1) is 16.3. The van der Waals surface area contributed by atoms with E-state index in [4.69, 9.17) is 4.42 Å². The Hall–Kier alpha value is -2.58. The third kappa shape index (κ3) is 3.34. The van der Waals surface area contributed by atoms with Crippen molar-refractivity contribution in [3.8, 4) is 11.5 Å². The second-order valence-electron chi connectivity index (χ2n) is 5.06. The van der Waals surface area contributed by atoms with E-state index < -0.39 is 15.8 Å². The monoisotopic (exact) mass is 347 g/mol. The molecule has 0 aliphatic carbocycles. The van der Waals surface area contributed by atoms with Crippen LogP contribution in [0, 0.1) is 12.7 Å². The van der Waals surface area contributed by atoms with E-state index in [0.29, 0.717) is 17.1 Å². The van der Waals surface area contributed by atoms with Gasteiger partial charge in [-0.15, -0.1) is 0 Å². The van der Waals surface area contributed by atoms with Gasteiger partial charge in [0.2, 0.25) is 10.0 Å².